The molecule has 0 aliphatic heterocycles. The minimum atomic E-state index is 0.552. The largest absolute Gasteiger partial charge is 0.456 e. The van der Waals surface area contributed by atoms with Crippen molar-refractivity contribution >= 4 is 82.7 Å². The minimum Gasteiger partial charge on any atom is -0.456 e. The second-order valence-electron chi connectivity index (χ2n) is 13.9. The molecule has 3 heterocycles. The summed E-state index contributed by atoms with van der Waals surface area (Å²) in [5.41, 5.74) is 13.3. The number of para-hydroxylation sites is 1. The topological polar surface area (TPSA) is 30.4 Å². The molecule has 0 aliphatic carbocycles. The lowest BCUT2D eigenvalue weighted by molar-refractivity contribution is 0.669. The Kier molecular flexibility index (Phi) is 8.12. The molecule has 0 amide bonds. The summed E-state index contributed by atoms with van der Waals surface area (Å²) in [4.78, 5) is 5.00. The number of furan rings is 1. The molecule has 0 spiro atoms. The Labute approximate surface area is 323 Å². The van der Waals surface area contributed by atoms with Crippen molar-refractivity contribution in [1.29, 1.82) is 0 Å². The lowest BCUT2D eigenvalue weighted by Crippen LogP contribution is -1.98. The van der Waals surface area contributed by atoms with Crippen molar-refractivity contribution in [2.75, 3.05) is 0 Å². The highest BCUT2D eigenvalue weighted by atomic mass is 32.1. The maximum absolute atomic E-state index is 6.42. The summed E-state index contributed by atoms with van der Waals surface area (Å²) < 4.78 is 11.3. The fraction of sp³-hybridized carbons (Fsp3) is 0.0392. The Morgan fingerprint density at radius 1 is 0.655 bits per heavy atom. The number of hydrogen-bond donors (Lipinski definition) is 0. The molecule has 55 heavy (non-hydrogen) atoms. The van der Waals surface area contributed by atoms with E-state index in [1.807, 2.05) is 29.7 Å². The van der Waals surface area contributed by atoms with Crippen molar-refractivity contribution in [2.45, 2.75) is 13.5 Å². The highest BCUT2D eigenvalue weighted by molar-refractivity contribution is 7.26. The van der Waals surface area contributed by atoms with Crippen LogP contribution in [0.15, 0.2) is 174 Å². The highest BCUT2D eigenvalue weighted by Crippen LogP contribution is 2.43. The van der Waals surface area contributed by atoms with Crippen molar-refractivity contribution in [2.24, 2.45) is 4.99 Å². The fourth-order valence-corrected chi connectivity index (χ4v) is 9.26. The predicted octanol–water partition coefficient (Wildman–Crippen LogP) is 14.5. The van der Waals surface area contributed by atoms with Gasteiger partial charge in [0.1, 0.15) is 11.2 Å². The number of fused-ring (bicyclic) bond motifs is 7. The molecular weight excluding hydrogens is 689 g/mol. The third-order valence-corrected chi connectivity index (χ3v) is 11.7. The lowest BCUT2D eigenvalue weighted by atomic mass is 9.96. The van der Waals surface area contributed by atoms with Gasteiger partial charge in [0.05, 0.1) is 17.8 Å². The SMILES string of the molecule is C=Cc1c(/C=C\C)n(-c2cccc(CN=Cc3cccc4oc5ccc(-c6cccc7sc8ccc(-c9ccccc9)cc8c67)cc5c34)c2)c2ccccc12. The van der Waals surface area contributed by atoms with E-state index in [0.717, 1.165) is 55.5 Å². The van der Waals surface area contributed by atoms with Crippen LogP contribution in [0.4, 0.5) is 0 Å². The number of rotatable bonds is 8. The normalized spacial score (nSPS) is 12.1. The molecule has 0 bridgehead atoms. The average molecular weight is 725 g/mol. The maximum atomic E-state index is 6.42. The van der Waals surface area contributed by atoms with Crippen LogP contribution in [0.5, 0.6) is 0 Å². The molecule has 3 nitrogen and oxygen atoms in total. The Hall–Kier alpha value is -6.75. The van der Waals surface area contributed by atoms with Gasteiger partial charge in [-0.05, 0) is 95.4 Å². The molecule has 7 aromatic carbocycles. The number of nitrogens with zero attached hydrogens (tertiary/aromatic N) is 2. The van der Waals surface area contributed by atoms with Crippen LogP contribution in [0.25, 0.3) is 93.1 Å². The van der Waals surface area contributed by atoms with Crippen LogP contribution in [0.1, 0.15) is 29.3 Å². The number of hydrogen-bond acceptors (Lipinski definition) is 3. The zero-order chi connectivity index (χ0) is 36.9. The van der Waals surface area contributed by atoms with Crippen LogP contribution in [0.3, 0.4) is 0 Å². The predicted molar refractivity (Wildman–Crippen MR) is 237 cm³/mol. The van der Waals surface area contributed by atoms with Crippen LogP contribution in [-0.2, 0) is 6.54 Å². The van der Waals surface area contributed by atoms with Crippen LogP contribution in [-0.4, -0.2) is 10.8 Å². The van der Waals surface area contributed by atoms with Gasteiger partial charge in [0.25, 0.3) is 0 Å². The molecule has 0 fully saturated rings. The molecule has 0 saturated carbocycles. The third kappa shape index (κ3) is 5.62. The minimum absolute atomic E-state index is 0.552. The average Bonchev–Trinajstić information content (AvgIpc) is 3.90. The van der Waals surface area contributed by atoms with E-state index in [1.165, 1.54) is 47.8 Å². The van der Waals surface area contributed by atoms with Gasteiger partial charge in [-0.1, -0.05) is 116 Å². The molecule has 4 heteroatoms. The van der Waals surface area contributed by atoms with Gasteiger partial charge in [-0.2, -0.15) is 0 Å². The lowest BCUT2D eigenvalue weighted by Gasteiger charge is -2.11. The summed E-state index contributed by atoms with van der Waals surface area (Å²) in [5, 5.41) is 5.94. The number of allylic oxidation sites excluding steroid dienone is 1. The van der Waals surface area contributed by atoms with E-state index in [-0.39, 0.29) is 0 Å². The molecular formula is C51H36N2OS. The molecule has 262 valence electrons. The molecule has 0 saturated heterocycles. The van der Waals surface area contributed by atoms with Gasteiger partial charge in [-0.25, -0.2) is 0 Å². The van der Waals surface area contributed by atoms with Crippen molar-refractivity contribution < 1.29 is 4.42 Å². The number of aromatic nitrogens is 1. The van der Waals surface area contributed by atoms with E-state index in [1.54, 1.807) is 0 Å². The van der Waals surface area contributed by atoms with Crippen LogP contribution < -0.4 is 0 Å². The van der Waals surface area contributed by atoms with E-state index in [9.17, 15) is 0 Å². The molecule has 0 atom stereocenters. The molecule has 3 aromatic heterocycles. The van der Waals surface area contributed by atoms with Gasteiger partial charge in [0.2, 0.25) is 0 Å². The first kappa shape index (κ1) is 32.9. The summed E-state index contributed by atoms with van der Waals surface area (Å²) in [5.74, 6) is 0. The number of thiophene rings is 1. The van der Waals surface area contributed by atoms with Crippen LogP contribution in [0.2, 0.25) is 0 Å². The van der Waals surface area contributed by atoms with E-state index < -0.39 is 0 Å². The van der Waals surface area contributed by atoms with Crippen molar-refractivity contribution in [3.8, 4) is 27.9 Å². The van der Waals surface area contributed by atoms with Crippen molar-refractivity contribution in [1.82, 2.24) is 4.57 Å². The first-order valence-corrected chi connectivity index (χ1v) is 19.4. The van der Waals surface area contributed by atoms with Gasteiger partial charge in [0.15, 0.2) is 0 Å². The van der Waals surface area contributed by atoms with Crippen LogP contribution >= 0.6 is 11.3 Å². The summed E-state index contributed by atoms with van der Waals surface area (Å²) >= 11 is 1.85. The summed E-state index contributed by atoms with van der Waals surface area (Å²) in [6.07, 6.45) is 8.20. The van der Waals surface area contributed by atoms with Gasteiger partial charge in [0, 0.05) is 59.4 Å². The Balaban J connectivity index is 1.02. The summed E-state index contributed by atoms with van der Waals surface area (Å²) in [7, 11) is 0. The number of benzene rings is 7. The molecule has 10 rings (SSSR count). The fourth-order valence-electron chi connectivity index (χ4n) is 8.15. The molecule has 10 aromatic rings. The smallest absolute Gasteiger partial charge is 0.136 e. The van der Waals surface area contributed by atoms with Gasteiger partial charge >= 0.3 is 0 Å². The van der Waals surface area contributed by atoms with Crippen molar-refractivity contribution in [3.63, 3.8) is 0 Å². The second kappa shape index (κ2) is 13.6. The zero-order valence-electron chi connectivity index (χ0n) is 30.4. The van der Waals surface area contributed by atoms with Gasteiger partial charge in [-0.3, -0.25) is 4.99 Å². The molecule has 0 unspecified atom stereocenters. The Bertz CT molecular complexity index is 3150. The Morgan fingerprint density at radius 3 is 2.36 bits per heavy atom. The van der Waals surface area contributed by atoms with Gasteiger partial charge in [-0.15, -0.1) is 11.3 Å². The first-order chi connectivity index (χ1) is 27.2. The standard InChI is InChI=1S/C51H36N2OS/c1-3-13-44-39(4-2)41-19-8-9-21-45(41)53(44)38-18-10-14-33(28-38)31-52-32-37-17-11-22-47-50(37)42-30-36(24-26-46(42)54-47)40-20-12-23-49-51(40)43-29-35(25-27-48(43)55-49)34-15-6-5-7-16-34/h3-30,32H,2,31H2,1H3/b13-3-,52-32?. The molecule has 0 N–H and O–H groups in total. The van der Waals surface area contributed by atoms with E-state index in [0.29, 0.717) is 6.54 Å². The van der Waals surface area contributed by atoms with Crippen LogP contribution in [0, 0.1) is 0 Å². The van der Waals surface area contributed by atoms with Gasteiger partial charge < -0.3 is 8.98 Å². The molecule has 0 radical (unpaired) electrons. The molecule has 0 aliphatic rings. The Morgan fingerprint density at radius 2 is 1.47 bits per heavy atom. The monoisotopic (exact) mass is 724 g/mol. The number of aliphatic imine (C=N–C) groups is 1. The summed E-state index contributed by atoms with van der Waals surface area (Å²) in [6, 6.07) is 54.2. The second-order valence-corrected chi connectivity index (χ2v) is 15.0. The highest BCUT2D eigenvalue weighted by Gasteiger charge is 2.17. The first-order valence-electron chi connectivity index (χ1n) is 18.6. The quantitative estimate of drug-likeness (QED) is 0.144. The van der Waals surface area contributed by atoms with E-state index in [2.05, 4.69) is 176 Å². The van der Waals surface area contributed by atoms with E-state index >= 15 is 0 Å². The summed E-state index contributed by atoms with van der Waals surface area (Å²) in [6.45, 7) is 6.74. The van der Waals surface area contributed by atoms with Crippen molar-refractivity contribution in [3.05, 3.63) is 187 Å². The zero-order valence-corrected chi connectivity index (χ0v) is 31.2. The maximum Gasteiger partial charge on any atom is 0.136 e. The third-order valence-electron chi connectivity index (χ3n) is 10.6. The van der Waals surface area contributed by atoms with E-state index in [4.69, 9.17) is 9.41 Å².